The number of nitrogens with zero attached hydrogens (tertiary/aromatic N) is 2. The van der Waals surface area contributed by atoms with Crippen LogP contribution in [0.2, 0.25) is 5.02 Å². The first-order valence-corrected chi connectivity index (χ1v) is 7.92. The maximum Gasteiger partial charge on any atom is 0.144 e. The first kappa shape index (κ1) is 17.8. The van der Waals surface area contributed by atoms with E-state index in [0.29, 0.717) is 22.8 Å². The fourth-order valence-electron chi connectivity index (χ4n) is 2.46. The van der Waals surface area contributed by atoms with Crippen molar-refractivity contribution in [2.24, 2.45) is 5.73 Å². The molecule has 3 aromatic rings. The smallest absolute Gasteiger partial charge is 0.144 e. The third kappa shape index (κ3) is 3.21. The van der Waals surface area contributed by atoms with E-state index in [1.807, 2.05) is 0 Å². The minimum atomic E-state index is -0.883. The van der Waals surface area contributed by atoms with Gasteiger partial charge in [-0.05, 0) is 24.3 Å². The number of allylic oxidation sites excluding steroid dienone is 1. The molecule has 0 amide bonds. The molecule has 0 aliphatic carbocycles. The van der Waals surface area contributed by atoms with Crippen LogP contribution in [0.1, 0.15) is 11.3 Å². The van der Waals surface area contributed by atoms with Crippen LogP contribution >= 0.6 is 11.6 Å². The first-order chi connectivity index (χ1) is 12.4. The zero-order valence-electron chi connectivity index (χ0n) is 13.6. The Balaban J connectivity index is 2.18. The summed E-state index contributed by atoms with van der Waals surface area (Å²) in [7, 11) is 1.76. The molecule has 0 radical (unpaired) electrons. The highest BCUT2D eigenvalue weighted by Crippen LogP contribution is 2.27. The van der Waals surface area contributed by atoms with E-state index in [2.05, 4.69) is 15.3 Å². The summed E-state index contributed by atoms with van der Waals surface area (Å²) in [6.45, 7) is 0. The normalized spacial score (nSPS) is 12.0. The van der Waals surface area contributed by atoms with E-state index in [1.54, 1.807) is 31.4 Å². The predicted octanol–water partition coefficient (Wildman–Crippen LogP) is 4.08. The van der Waals surface area contributed by atoms with Gasteiger partial charge < -0.3 is 16.5 Å². The summed E-state index contributed by atoms with van der Waals surface area (Å²) in [4.78, 5) is 8.72. The highest BCUT2D eigenvalue weighted by atomic mass is 35.5. The van der Waals surface area contributed by atoms with Crippen LogP contribution in [-0.2, 0) is 0 Å². The standard InChI is InChI=1S/C18H14ClF2N5/c1-24-9-4-17-16(25-8-9)3-2-15(26-17)11(7-22)18(23)10-5-12(19)14(21)6-13(10)20/h2-8,22,24H,23H2,1H3/b18-11+,22-7?. The number of hydrogen-bond acceptors (Lipinski definition) is 5. The maximum absolute atomic E-state index is 14.1. The topological polar surface area (TPSA) is 87.7 Å². The average molecular weight is 374 g/mol. The van der Waals surface area contributed by atoms with Crippen LogP contribution in [0.25, 0.3) is 22.3 Å². The molecule has 0 saturated heterocycles. The lowest BCUT2D eigenvalue weighted by molar-refractivity contribution is 0.581. The third-order valence-electron chi connectivity index (χ3n) is 3.84. The van der Waals surface area contributed by atoms with E-state index >= 15 is 0 Å². The summed E-state index contributed by atoms with van der Waals surface area (Å²) in [5.41, 5.74) is 8.43. The second-order valence-corrected chi connectivity index (χ2v) is 5.83. The van der Waals surface area contributed by atoms with Gasteiger partial charge in [-0.15, -0.1) is 0 Å². The van der Waals surface area contributed by atoms with E-state index in [4.69, 9.17) is 22.7 Å². The Morgan fingerprint density at radius 1 is 1.19 bits per heavy atom. The van der Waals surface area contributed by atoms with Crippen LogP contribution in [-0.4, -0.2) is 23.2 Å². The van der Waals surface area contributed by atoms with Crippen LogP contribution in [0.15, 0.2) is 36.5 Å². The number of benzene rings is 1. The summed E-state index contributed by atoms with van der Waals surface area (Å²) in [5.74, 6) is -1.75. The van der Waals surface area contributed by atoms with Crippen molar-refractivity contribution in [2.75, 3.05) is 12.4 Å². The molecule has 1 aromatic carbocycles. The lowest BCUT2D eigenvalue weighted by Crippen LogP contribution is -2.06. The lowest BCUT2D eigenvalue weighted by atomic mass is 10.0. The Hall–Kier alpha value is -3.06. The van der Waals surface area contributed by atoms with Gasteiger partial charge in [-0.2, -0.15) is 0 Å². The van der Waals surface area contributed by atoms with Gasteiger partial charge >= 0.3 is 0 Å². The van der Waals surface area contributed by atoms with Gasteiger partial charge in [-0.25, -0.2) is 13.8 Å². The van der Waals surface area contributed by atoms with Crippen LogP contribution < -0.4 is 11.1 Å². The van der Waals surface area contributed by atoms with E-state index in [1.165, 1.54) is 0 Å². The van der Waals surface area contributed by atoms with Gasteiger partial charge in [0.1, 0.15) is 11.6 Å². The van der Waals surface area contributed by atoms with Crippen LogP contribution in [0.4, 0.5) is 14.5 Å². The lowest BCUT2D eigenvalue weighted by Gasteiger charge is -2.11. The highest BCUT2D eigenvalue weighted by molar-refractivity contribution is 6.31. The number of halogens is 3. The fourth-order valence-corrected chi connectivity index (χ4v) is 2.62. The van der Waals surface area contributed by atoms with Crippen molar-refractivity contribution in [1.82, 2.24) is 9.97 Å². The number of nitrogens with two attached hydrogens (primary N) is 1. The Morgan fingerprint density at radius 2 is 1.96 bits per heavy atom. The zero-order valence-corrected chi connectivity index (χ0v) is 14.4. The average Bonchev–Trinajstić information content (AvgIpc) is 2.64. The minimum absolute atomic E-state index is 0.0658. The summed E-state index contributed by atoms with van der Waals surface area (Å²) >= 11 is 5.73. The van der Waals surface area contributed by atoms with Crippen molar-refractivity contribution in [1.29, 1.82) is 5.41 Å². The van der Waals surface area contributed by atoms with Crippen molar-refractivity contribution in [3.8, 4) is 0 Å². The molecular formula is C18H14ClF2N5. The number of rotatable bonds is 4. The van der Waals surface area contributed by atoms with Crippen molar-refractivity contribution in [3.63, 3.8) is 0 Å². The monoisotopic (exact) mass is 373 g/mol. The zero-order chi connectivity index (χ0) is 18.8. The van der Waals surface area contributed by atoms with Gasteiger partial charge in [0.2, 0.25) is 0 Å². The summed E-state index contributed by atoms with van der Waals surface area (Å²) in [6.07, 6.45) is 2.64. The quantitative estimate of drug-likeness (QED) is 0.475. The van der Waals surface area contributed by atoms with Crippen molar-refractivity contribution < 1.29 is 8.78 Å². The van der Waals surface area contributed by atoms with E-state index in [9.17, 15) is 8.78 Å². The van der Waals surface area contributed by atoms with Gasteiger partial charge in [-0.1, -0.05) is 11.6 Å². The van der Waals surface area contributed by atoms with E-state index in [-0.39, 0.29) is 21.9 Å². The second kappa shape index (κ2) is 7.05. The molecule has 0 atom stereocenters. The summed E-state index contributed by atoms with van der Waals surface area (Å²) in [6, 6.07) is 6.89. The predicted molar refractivity (Wildman–Crippen MR) is 100 cm³/mol. The molecule has 0 saturated carbocycles. The van der Waals surface area contributed by atoms with Crippen molar-refractivity contribution in [3.05, 3.63) is 64.4 Å². The molecular weight excluding hydrogens is 360 g/mol. The number of fused-ring (bicyclic) bond motifs is 1. The molecule has 5 nitrogen and oxygen atoms in total. The van der Waals surface area contributed by atoms with Gasteiger partial charge in [0.05, 0.1) is 39.3 Å². The summed E-state index contributed by atoms with van der Waals surface area (Å²) < 4.78 is 27.5. The van der Waals surface area contributed by atoms with Crippen LogP contribution in [0.3, 0.4) is 0 Å². The molecule has 0 aliphatic heterocycles. The molecule has 0 fully saturated rings. The molecule has 0 bridgehead atoms. The minimum Gasteiger partial charge on any atom is -0.398 e. The van der Waals surface area contributed by atoms with Gasteiger partial charge in [0.15, 0.2) is 0 Å². The fraction of sp³-hybridized carbons (Fsp3) is 0.0556. The number of aromatic nitrogens is 2. The highest BCUT2D eigenvalue weighted by Gasteiger charge is 2.15. The molecule has 2 aromatic heterocycles. The number of nitrogens with one attached hydrogen (secondary N) is 2. The van der Waals surface area contributed by atoms with Crippen LogP contribution in [0.5, 0.6) is 0 Å². The number of pyridine rings is 2. The Kier molecular flexibility index (Phi) is 4.81. The molecule has 0 spiro atoms. The molecule has 4 N–H and O–H groups in total. The number of hydrogen-bond donors (Lipinski definition) is 3. The Labute approximate surface area is 153 Å². The van der Waals surface area contributed by atoms with E-state index < -0.39 is 11.6 Å². The van der Waals surface area contributed by atoms with Gasteiger partial charge in [-0.3, -0.25) is 4.98 Å². The molecule has 0 unspecified atom stereocenters. The molecule has 0 aliphatic rings. The molecule has 8 heteroatoms. The van der Waals surface area contributed by atoms with Gasteiger partial charge in [0.25, 0.3) is 0 Å². The van der Waals surface area contributed by atoms with Crippen molar-refractivity contribution in [2.45, 2.75) is 0 Å². The van der Waals surface area contributed by atoms with Crippen molar-refractivity contribution >= 4 is 45.8 Å². The molecule has 132 valence electrons. The third-order valence-corrected chi connectivity index (χ3v) is 4.13. The van der Waals surface area contributed by atoms with Gasteiger partial charge in [0, 0.05) is 30.5 Å². The largest absolute Gasteiger partial charge is 0.398 e. The van der Waals surface area contributed by atoms with E-state index in [0.717, 1.165) is 18.0 Å². The number of anilines is 1. The molecule has 2 heterocycles. The first-order valence-electron chi connectivity index (χ1n) is 7.54. The maximum atomic E-state index is 14.1. The SMILES string of the molecule is CNc1cnc2ccc(/C(C=N)=C(/N)c3cc(Cl)c(F)cc3F)nc2c1. The molecule has 3 rings (SSSR count). The molecule has 26 heavy (non-hydrogen) atoms. The Bertz CT molecular complexity index is 1050. The Morgan fingerprint density at radius 3 is 2.65 bits per heavy atom. The summed E-state index contributed by atoms with van der Waals surface area (Å²) in [5, 5.41) is 10.4. The second-order valence-electron chi connectivity index (χ2n) is 5.43. The van der Waals surface area contributed by atoms with Crippen LogP contribution in [0, 0.1) is 17.0 Å².